The van der Waals surface area contributed by atoms with Gasteiger partial charge in [-0.3, -0.25) is 0 Å². The maximum Gasteiger partial charge on any atom is 0.150 e. The van der Waals surface area contributed by atoms with E-state index in [1.165, 1.54) is 0 Å². The molecule has 1 aliphatic heterocycles. The molecule has 1 atom stereocenters. The van der Waals surface area contributed by atoms with Crippen LogP contribution in [0.5, 0.6) is 0 Å². The Morgan fingerprint density at radius 2 is 2.06 bits per heavy atom. The molecule has 18 heavy (non-hydrogen) atoms. The van der Waals surface area contributed by atoms with Gasteiger partial charge >= 0.3 is 0 Å². The van der Waals surface area contributed by atoms with Gasteiger partial charge in [-0.15, -0.1) is 0 Å². The second kappa shape index (κ2) is 6.87. The molecule has 0 amide bonds. The summed E-state index contributed by atoms with van der Waals surface area (Å²) in [5.74, 6) is 1.30. The van der Waals surface area contributed by atoms with Crippen LogP contribution >= 0.6 is 0 Å². The number of rotatable bonds is 8. The third-order valence-corrected chi connectivity index (χ3v) is 5.52. The summed E-state index contributed by atoms with van der Waals surface area (Å²) in [6.07, 6.45) is 2.67. The van der Waals surface area contributed by atoms with E-state index in [0.29, 0.717) is 24.0 Å². The Labute approximate surface area is 111 Å². The number of ether oxygens (including phenoxy) is 1. The van der Waals surface area contributed by atoms with Crippen molar-refractivity contribution in [1.82, 2.24) is 5.32 Å². The second-order valence-corrected chi connectivity index (χ2v) is 8.10. The molecule has 0 bridgehead atoms. The molecular formula is C13H27NO3S. The number of nitrogens with one attached hydrogen (secondary N) is 1. The first kappa shape index (κ1) is 15.9. The van der Waals surface area contributed by atoms with E-state index in [0.717, 1.165) is 32.4 Å². The average molecular weight is 277 g/mol. The van der Waals surface area contributed by atoms with Crippen LogP contribution in [0.3, 0.4) is 0 Å². The highest BCUT2D eigenvalue weighted by Crippen LogP contribution is 2.35. The zero-order chi connectivity index (χ0) is 13.6. The number of sulfone groups is 1. The Hall–Kier alpha value is -0.130. The van der Waals surface area contributed by atoms with Crippen molar-refractivity contribution >= 4 is 9.84 Å². The van der Waals surface area contributed by atoms with E-state index in [2.05, 4.69) is 19.2 Å². The summed E-state index contributed by atoms with van der Waals surface area (Å²) >= 11 is 0. The van der Waals surface area contributed by atoms with Crippen molar-refractivity contribution in [3.63, 3.8) is 0 Å². The van der Waals surface area contributed by atoms with Gasteiger partial charge in [0.25, 0.3) is 0 Å². The largest absolute Gasteiger partial charge is 0.381 e. The van der Waals surface area contributed by atoms with Crippen LogP contribution in [-0.2, 0) is 14.6 Å². The molecule has 1 heterocycles. The maximum atomic E-state index is 11.6. The molecule has 1 N–H and O–H groups in total. The summed E-state index contributed by atoms with van der Waals surface area (Å²) in [5.41, 5.74) is -0.106. The molecule has 1 saturated heterocycles. The van der Waals surface area contributed by atoms with Gasteiger partial charge in [-0.1, -0.05) is 13.8 Å². The molecule has 0 aromatic heterocycles. The molecule has 0 aromatic rings. The van der Waals surface area contributed by atoms with Crippen molar-refractivity contribution < 1.29 is 13.2 Å². The van der Waals surface area contributed by atoms with Crippen LogP contribution in [-0.4, -0.2) is 46.7 Å². The van der Waals surface area contributed by atoms with E-state index in [9.17, 15) is 8.42 Å². The van der Waals surface area contributed by atoms with Crippen molar-refractivity contribution in [3.8, 4) is 0 Å². The standard InChI is InChI=1S/C13H27NO3S/c1-12(2)4-7-17-8-5-13(10-14-3)6-9-18(15,16)11-13/h12,14H,4-11H2,1-3H3. The van der Waals surface area contributed by atoms with Crippen molar-refractivity contribution in [2.45, 2.75) is 33.1 Å². The first-order chi connectivity index (χ1) is 8.39. The number of hydrogen-bond donors (Lipinski definition) is 1. The van der Waals surface area contributed by atoms with Gasteiger partial charge in [-0.2, -0.15) is 0 Å². The Kier molecular flexibility index (Phi) is 6.08. The summed E-state index contributed by atoms with van der Waals surface area (Å²) in [5, 5.41) is 3.13. The molecule has 0 aromatic carbocycles. The highest BCUT2D eigenvalue weighted by molar-refractivity contribution is 7.91. The van der Waals surface area contributed by atoms with Gasteiger partial charge in [0.15, 0.2) is 9.84 Å². The molecule has 1 aliphatic rings. The van der Waals surface area contributed by atoms with Gasteiger partial charge in [0.1, 0.15) is 0 Å². The first-order valence-electron chi connectivity index (χ1n) is 6.82. The fraction of sp³-hybridized carbons (Fsp3) is 1.00. The summed E-state index contributed by atoms with van der Waals surface area (Å²) < 4.78 is 28.9. The molecule has 0 radical (unpaired) electrons. The van der Waals surface area contributed by atoms with E-state index in [1.54, 1.807) is 0 Å². The normalized spacial score (nSPS) is 26.9. The molecular weight excluding hydrogens is 250 g/mol. The van der Waals surface area contributed by atoms with Crippen LogP contribution in [0, 0.1) is 11.3 Å². The molecule has 5 heteroatoms. The summed E-state index contributed by atoms with van der Waals surface area (Å²) in [4.78, 5) is 0. The Bertz CT molecular complexity index is 340. The molecule has 0 saturated carbocycles. The smallest absolute Gasteiger partial charge is 0.150 e. The fourth-order valence-corrected chi connectivity index (χ4v) is 4.70. The molecule has 1 unspecified atom stereocenters. The molecule has 1 fully saturated rings. The average Bonchev–Trinajstić information content (AvgIpc) is 2.54. The molecule has 0 aliphatic carbocycles. The Morgan fingerprint density at radius 3 is 2.56 bits per heavy atom. The summed E-state index contributed by atoms with van der Waals surface area (Å²) in [6, 6.07) is 0. The van der Waals surface area contributed by atoms with Crippen molar-refractivity contribution in [2.75, 3.05) is 38.3 Å². The zero-order valence-corrected chi connectivity index (χ0v) is 12.7. The second-order valence-electron chi connectivity index (χ2n) is 5.92. The van der Waals surface area contributed by atoms with Crippen LogP contribution < -0.4 is 5.32 Å². The lowest BCUT2D eigenvalue weighted by Crippen LogP contribution is -2.35. The Morgan fingerprint density at radius 1 is 1.33 bits per heavy atom. The van der Waals surface area contributed by atoms with E-state index in [-0.39, 0.29) is 5.41 Å². The minimum atomic E-state index is -2.83. The third-order valence-electron chi connectivity index (χ3n) is 3.64. The van der Waals surface area contributed by atoms with Gasteiger partial charge in [0.05, 0.1) is 11.5 Å². The highest BCUT2D eigenvalue weighted by Gasteiger charge is 2.41. The fourth-order valence-electron chi connectivity index (χ4n) is 2.49. The first-order valence-corrected chi connectivity index (χ1v) is 8.64. The third kappa shape index (κ3) is 5.24. The van der Waals surface area contributed by atoms with Gasteiger partial charge in [-0.25, -0.2) is 8.42 Å². The van der Waals surface area contributed by atoms with Gasteiger partial charge in [0.2, 0.25) is 0 Å². The minimum absolute atomic E-state index is 0.106. The van der Waals surface area contributed by atoms with Crippen LogP contribution in [0.1, 0.15) is 33.1 Å². The van der Waals surface area contributed by atoms with Crippen LogP contribution in [0.2, 0.25) is 0 Å². The van der Waals surface area contributed by atoms with E-state index in [1.807, 2.05) is 7.05 Å². The summed E-state index contributed by atoms with van der Waals surface area (Å²) in [6.45, 7) is 6.56. The van der Waals surface area contributed by atoms with E-state index >= 15 is 0 Å². The topological polar surface area (TPSA) is 55.4 Å². The van der Waals surface area contributed by atoms with Crippen molar-refractivity contribution in [1.29, 1.82) is 0 Å². The molecule has 108 valence electrons. The van der Waals surface area contributed by atoms with Crippen LogP contribution in [0.25, 0.3) is 0 Å². The maximum absolute atomic E-state index is 11.6. The molecule has 0 spiro atoms. The highest BCUT2D eigenvalue weighted by atomic mass is 32.2. The monoisotopic (exact) mass is 277 g/mol. The van der Waals surface area contributed by atoms with E-state index in [4.69, 9.17) is 4.74 Å². The number of hydrogen-bond acceptors (Lipinski definition) is 4. The minimum Gasteiger partial charge on any atom is -0.381 e. The van der Waals surface area contributed by atoms with Gasteiger partial charge in [0, 0.05) is 19.8 Å². The van der Waals surface area contributed by atoms with E-state index < -0.39 is 9.84 Å². The van der Waals surface area contributed by atoms with Crippen molar-refractivity contribution in [3.05, 3.63) is 0 Å². The zero-order valence-electron chi connectivity index (χ0n) is 11.9. The molecule has 1 rings (SSSR count). The molecule has 4 nitrogen and oxygen atoms in total. The van der Waals surface area contributed by atoms with Gasteiger partial charge < -0.3 is 10.1 Å². The lowest BCUT2D eigenvalue weighted by atomic mass is 9.84. The predicted molar refractivity (Wildman–Crippen MR) is 74.5 cm³/mol. The summed E-state index contributed by atoms with van der Waals surface area (Å²) in [7, 11) is -0.947. The predicted octanol–water partition coefficient (Wildman–Crippen LogP) is 1.46. The van der Waals surface area contributed by atoms with Crippen molar-refractivity contribution in [2.24, 2.45) is 11.3 Å². The van der Waals surface area contributed by atoms with Crippen LogP contribution in [0.4, 0.5) is 0 Å². The quantitative estimate of drug-likeness (QED) is 0.683. The van der Waals surface area contributed by atoms with Crippen LogP contribution in [0.15, 0.2) is 0 Å². The Balaban J connectivity index is 2.35. The lowest BCUT2D eigenvalue weighted by molar-refractivity contribution is 0.0930. The SMILES string of the molecule is CNCC1(CCOCCC(C)C)CCS(=O)(=O)C1. The van der Waals surface area contributed by atoms with Gasteiger partial charge in [-0.05, 0) is 37.6 Å². The lowest BCUT2D eigenvalue weighted by Gasteiger charge is -2.27.